The number of esters is 2. The number of rotatable bonds is 10. The van der Waals surface area contributed by atoms with Crippen LogP contribution in [0.3, 0.4) is 0 Å². The lowest BCUT2D eigenvalue weighted by Gasteiger charge is -2.23. The van der Waals surface area contributed by atoms with Gasteiger partial charge in [0.1, 0.15) is 11.4 Å². The van der Waals surface area contributed by atoms with Gasteiger partial charge in [0.05, 0.1) is 53.1 Å². The molecule has 0 aromatic heterocycles. The van der Waals surface area contributed by atoms with Gasteiger partial charge in [-0.05, 0) is 62.4 Å². The molecule has 0 radical (unpaired) electrons. The van der Waals surface area contributed by atoms with Gasteiger partial charge in [-0.3, -0.25) is 4.72 Å². The lowest BCUT2D eigenvalue weighted by molar-refractivity contribution is -0.140. The Labute approximate surface area is 272 Å². The minimum atomic E-state index is -4.03. The number of allylic oxidation sites excluding steroid dienone is 2. The fourth-order valence-electron chi connectivity index (χ4n) is 4.01. The van der Waals surface area contributed by atoms with Crippen LogP contribution in [0.25, 0.3) is 0 Å². The summed E-state index contributed by atoms with van der Waals surface area (Å²) in [6.07, 6.45) is 2.67. The molecule has 16 nitrogen and oxygen atoms in total. The van der Waals surface area contributed by atoms with Gasteiger partial charge in [-0.2, -0.15) is 16.8 Å². The molecule has 0 aliphatic carbocycles. The normalized spacial score (nSPS) is 15.9. The topological polar surface area (TPSA) is 198 Å². The van der Waals surface area contributed by atoms with E-state index >= 15 is 0 Å². The van der Waals surface area contributed by atoms with Crippen LogP contribution in [0.15, 0.2) is 68.7 Å². The second-order valence-corrected chi connectivity index (χ2v) is 12.1. The summed E-state index contributed by atoms with van der Waals surface area (Å²) in [7, 11) is -0.904. The Kier molecular flexibility index (Phi) is 12.0. The Morgan fingerprint density at radius 2 is 1.17 bits per heavy atom. The molecule has 0 saturated heterocycles. The number of benzene rings is 2. The first kappa shape index (κ1) is 36.4. The molecule has 2 aliphatic rings. The maximum atomic E-state index is 12.2. The third kappa shape index (κ3) is 8.79. The summed E-state index contributed by atoms with van der Waals surface area (Å²) in [5, 5.41) is 0. The maximum Gasteiger partial charge on any atom is 0.355 e. The molecule has 1 N–H and O–H groups in total. The van der Waals surface area contributed by atoms with Crippen LogP contribution in [-0.2, 0) is 39.5 Å². The van der Waals surface area contributed by atoms with Crippen LogP contribution in [0, 0.1) is 0 Å². The zero-order valence-corrected chi connectivity index (χ0v) is 28.2. The molecule has 2 aromatic carbocycles. The van der Waals surface area contributed by atoms with E-state index in [1.807, 2.05) is 4.72 Å². The zero-order valence-electron chi connectivity index (χ0n) is 26.6. The van der Waals surface area contributed by atoms with Crippen LogP contribution in [0.1, 0.15) is 25.0 Å². The molecule has 0 atom stereocenters. The van der Waals surface area contributed by atoms with E-state index in [9.17, 15) is 26.4 Å². The lowest BCUT2D eigenvalue weighted by atomic mass is 10.1. The van der Waals surface area contributed by atoms with E-state index < -0.39 is 32.4 Å². The highest BCUT2D eigenvalue weighted by Gasteiger charge is 2.31. The minimum Gasteiger partial charge on any atom is -0.493 e. The quantitative estimate of drug-likeness (QED) is 0.355. The van der Waals surface area contributed by atoms with E-state index in [0.717, 1.165) is 4.31 Å². The van der Waals surface area contributed by atoms with Gasteiger partial charge in [0.25, 0.3) is 0 Å². The van der Waals surface area contributed by atoms with Crippen molar-refractivity contribution in [1.29, 1.82) is 0 Å². The van der Waals surface area contributed by atoms with Gasteiger partial charge in [0.2, 0.25) is 0 Å². The summed E-state index contributed by atoms with van der Waals surface area (Å²) < 4.78 is 88.6. The first-order valence-electron chi connectivity index (χ1n) is 13.7. The molecule has 2 aromatic rings. The third-order valence-electron chi connectivity index (χ3n) is 6.25. The Hall–Kier alpha value is -5.10. The number of hydrogen-bond acceptors (Lipinski definition) is 12. The highest BCUT2D eigenvalue weighted by Crippen LogP contribution is 2.30. The fourth-order valence-corrected chi connectivity index (χ4v) is 5.79. The van der Waals surface area contributed by atoms with Crippen LogP contribution < -0.4 is 23.7 Å². The van der Waals surface area contributed by atoms with Gasteiger partial charge < -0.3 is 28.4 Å². The molecule has 0 amide bonds. The van der Waals surface area contributed by atoms with Gasteiger partial charge in [-0.1, -0.05) is 0 Å². The highest BCUT2D eigenvalue weighted by atomic mass is 32.2. The van der Waals surface area contributed by atoms with Gasteiger partial charge in [0.15, 0.2) is 23.0 Å². The molecule has 0 fully saturated rings. The number of hydrogen-bond donors (Lipinski definition) is 1. The minimum absolute atomic E-state index is 0.0905. The number of carbonyl (C=O) groups is 2. The smallest absolute Gasteiger partial charge is 0.355 e. The van der Waals surface area contributed by atoms with Crippen molar-refractivity contribution in [3.8, 4) is 23.0 Å². The Morgan fingerprint density at radius 1 is 0.702 bits per heavy atom. The molecule has 0 saturated carbocycles. The Morgan fingerprint density at radius 3 is 1.64 bits per heavy atom. The summed E-state index contributed by atoms with van der Waals surface area (Å²) >= 11 is 0. The Bertz CT molecular complexity index is 1870. The summed E-state index contributed by atoms with van der Waals surface area (Å²) in [5.74, 6) is 0.297. The van der Waals surface area contributed by atoms with Gasteiger partial charge in [-0.25, -0.2) is 13.9 Å². The van der Waals surface area contributed by atoms with Crippen molar-refractivity contribution >= 4 is 43.8 Å². The van der Waals surface area contributed by atoms with Crippen molar-refractivity contribution < 1.29 is 54.8 Å². The zero-order chi connectivity index (χ0) is 34.9. The molecule has 4 rings (SSSR count). The first-order valence-corrected chi connectivity index (χ1v) is 16.5. The number of carbonyl (C=O) groups excluding carboxylic acids is 2. The summed E-state index contributed by atoms with van der Waals surface area (Å²) in [6, 6.07) is 9.62. The van der Waals surface area contributed by atoms with E-state index in [-0.39, 0.29) is 36.0 Å². The second kappa shape index (κ2) is 15.5. The van der Waals surface area contributed by atoms with Crippen molar-refractivity contribution in [2.24, 2.45) is 8.80 Å². The van der Waals surface area contributed by atoms with Crippen LogP contribution in [-0.4, -0.2) is 93.2 Å². The van der Waals surface area contributed by atoms with Crippen LogP contribution >= 0.6 is 0 Å². The van der Waals surface area contributed by atoms with E-state index in [2.05, 4.69) is 8.80 Å². The van der Waals surface area contributed by atoms with Crippen molar-refractivity contribution in [3.63, 3.8) is 0 Å². The fraction of sp³-hybridized carbons (Fsp3) is 0.310. The molecule has 254 valence electrons. The van der Waals surface area contributed by atoms with Crippen molar-refractivity contribution in [2.75, 3.05) is 48.7 Å². The lowest BCUT2D eigenvalue weighted by Crippen LogP contribution is -2.34. The van der Waals surface area contributed by atoms with Crippen LogP contribution in [0.4, 0.5) is 0 Å². The average Bonchev–Trinajstić information content (AvgIpc) is 3.04. The first-order chi connectivity index (χ1) is 22.2. The van der Waals surface area contributed by atoms with E-state index in [1.54, 1.807) is 50.2 Å². The average molecular weight is 695 g/mol. The van der Waals surface area contributed by atoms with Crippen LogP contribution in [0.2, 0.25) is 0 Å². The molecule has 47 heavy (non-hydrogen) atoms. The second-order valence-electron chi connectivity index (χ2n) is 9.14. The van der Waals surface area contributed by atoms with E-state index in [1.165, 1.54) is 47.6 Å². The number of nitrogens with one attached hydrogen (secondary N) is 1. The third-order valence-corrected chi connectivity index (χ3v) is 8.48. The van der Waals surface area contributed by atoms with Crippen LogP contribution in [0.5, 0.6) is 23.0 Å². The van der Waals surface area contributed by atoms with Crippen molar-refractivity contribution in [1.82, 2.24) is 9.03 Å². The predicted octanol–water partition coefficient (Wildman–Crippen LogP) is 1.92. The van der Waals surface area contributed by atoms with Gasteiger partial charge in [-0.15, -0.1) is 8.80 Å². The largest absolute Gasteiger partial charge is 0.493 e. The van der Waals surface area contributed by atoms with Crippen molar-refractivity contribution in [3.05, 3.63) is 71.1 Å². The van der Waals surface area contributed by atoms with E-state index in [0.29, 0.717) is 34.1 Å². The summed E-state index contributed by atoms with van der Waals surface area (Å²) in [4.78, 5) is 23.8. The molecule has 2 aliphatic heterocycles. The SMILES string of the molecule is CCOC(=O)C1=CC(c2ccc(OC)c(OC)c2)=NS(=O)(=O)N1.CCOC(=O)C1=CC(c2ccc(OC)c(OC)c2)=NS(=O)(=O)N1C. The Balaban J connectivity index is 0.000000256. The van der Waals surface area contributed by atoms with E-state index in [4.69, 9.17) is 28.4 Å². The van der Waals surface area contributed by atoms with Gasteiger partial charge in [0, 0.05) is 18.2 Å². The monoisotopic (exact) mass is 694 g/mol. The standard InChI is InChI=1S/C15H18N2O6S.C14H16N2O6S/c1-5-23-15(18)12-9-11(16-24(19,20)17(12)2)10-6-7-13(21-3)14(8-10)22-4;1-4-22-14(17)11-8-10(15-23(18,19)16-11)9-5-6-12(20-2)13(7-9)21-3/h6-9H,5H2,1-4H3;5-8,16H,4H2,1-3H3. The molecule has 0 bridgehead atoms. The number of ether oxygens (including phenoxy) is 6. The molecular formula is C29H34N4O12S2. The summed E-state index contributed by atoms with van der Waals surface area (Å²) in [6.45, 7) is 3.52. The van der Waals surface area contributed by atoms with Crippen molar-refractivity contribution in [2.45, 2.75) is 13.8 Å². The predicted molar refractivity (Wildman–Crippen MR) is 170 cm³/mol. The highest BCUT2D eigenvalue weighted by molar-refractivity contribution is 7.88. The molecule has 0 unspecified atom stereocenters. The van der Waals surface area contributed by atoms with Gasteiger partial charge >= 0.3 is 32.4 Å². The molecule has 2 heterocycles. The summed E-state index contributed by atoms with van der Waals surface area (Å²) in [5.41, 5.74) is 0.800. The maximum absolute atomic E-state index is 12.2. The molecular weight excluding hydrogens is 660 g/mol. The number of likely N-dealkylation sites (N-methyl/N-ethyl adjacent to an activating group) is 1. The molecule has 0 spiro atoms. The number of nitrogens with zero attached hydrogens (tertiary/aromatic N) is 3. The molecule has 18 heteroatoms. The number of methoxy groups -OCH3 is 4.